The molecule has 0 spiro atoms. The van der Waals surface area contributed by atoms with Crippen molar-refractivity contribution in [2.75, 3.05) is 7.11 Å². The number of amides is 1. The Morgan fingerprint density at radius 3 is 2.38 bits per heavy atom. The van der Waals surface area contributed by atoms with E-state index in [2.05, 4.69) is 15.3 Å². The van der Waals surface area contributed by atoms with Gasteiger partial charge in [-0.05, 0) is 44.7 Å². The van der Waals surface area contributed by atoms with Crippen LogP contribution < -0.4 is 24.3 Å². The van der Waals surface area contributed by atoms with E-state index in [0.717, 1.165) is 25.7 Å². The molecule has 2 aromatic rings. The number of hydrogen-bond donors (Lipinski definition) is 1. The molecule has 1 fully saturated rings. The Bertz CT molecular complexity index is 854. The molecule has 0 radical (unpaired) electrons. The lowest BCUT2D eigenvalue weighted by Crippen LogP contribution is -2.52. The third-order valence-electron chi connectivity index (χ3n) is 5.23. The van der Waals surface area contributed by atoms with Crippen molar-refractivity contribution in [1.82, 2.24) is 15.3 Å². The zero-order valence-electron chi connectivity index (χ0n) is 16.5. The Hall–Kier alpha value is -3.03. The summed E-state index contributed by atoms with van der Waals surface area (Å²) in [7, 11) is 1.54. The maximum atomic E-state index is 12.8. The van der Waals surface area contributed by atoms with Gasteiger partial charge in [0.2, 0.25) is 6.10 Å². The minimum atomic E-state index is -0.664. The smallest absolute Gasteiger partial charge is 0.278 e. The molecule has 8 nitrogen and oxygen atoms in total. The van der Waals surface area contributed by atoms with Crippen molar-refractivity contribution in [3.63, 3.8) is 0 Å². The zero-order valence-corrected chi connectivity index (χ0v) is 16.5. The largest absolute Gasteiger partial charge is 0.482 e. The van der Waals surface area contributed by atoms with Crippen molar-refractivity contribution >= 4 is 5.91 Å². The number of carbonyl (C=O) groups excluding carboxylic acids is 1. The lowest BCUT2D eigenvalue weighted by Gasteiger charge is -2.34. The number of hydrogen-bond acceptors (Lipinski definition) is 7. The van der Waals surface area contributed by atoms with Crippen molar-refractivity contribution < 1.29 is 23.7 Å². The van der Waals surface area contributed by atoms with Gasteiger partial charge in [0.15, 0.2) is 11.5 Å². The number of carbonyl (C=O) groups is 1. The molecule has 1 aromatic carbocycles. The van der Waals surface area contributed by atoms with Crippen LogP contribution >= 0.6 is 0 Å². The second-order valence-corrected chi connectivity index (χ2v) is 7.28. The first-order valence-corrected chi connectivity index (χ1v) is 9.88. The summed E-state index contributed by atoms with van der Waals surface area (Å²) < 4.78 is 22.8. The minimum Gasteiger partial charge on any atom is -0.482 e. The summed E-state index contributed by atoms with van der Waals surface area (Å²) in [6.07, 6.45) is 5.40. The van der Waals surface area contributed by atoms with Gasteiger partial charge >= 0.3 is 0 Å². The van der Waals surface area contributed by atoms with Crippen molar-refractivity contribution in [3.8, 4) is 23.3 Å². The van der Waals surface area contributed by atoms with Crippen LogP contribution in [0.5, 0.6) is 23.3 Å². The Balaban J connectivity index is 1.29. The summed E-state index contributed by atoms with van der Waals surface area (Å²) >= 11 is 0. The summed E-state index contributed by atoms with van der Waals surface area (Å²) in [6, 6.07) is 7.48. The van der Waals surface area contributed by atoms with Crippen LogP contribution in [-0.2, 0) is 4.79 Å². The molecule has 0 saturated heterocycles. The number of benzene rings is 1. The SMILES string of the molecule is COc1nccnc1OC1CCC(NC(=O)C2Oc3ccccc3OC2C)CC1. The van der Waals surface area contributed by atoms with E-state index < -0.39 is 6.10 Å². The van der Waals surface area contributed by atoms with Gasteiger partial charge in [-0.2, -0.15) is 0 Å². The van der Waals surface area contributed by atoms with Crippen LogP contribution in [0, 0.1) is 0 Å². The predicted molar refractivity (Wildman–Crippen MR) is 104 cm³/mol. The lowest BCUT2D eigenvalue weighted by atomic mass is 9.92. The maximum Gasteiger partial charge on any atom is 0.278 e. The van der Waals surface area contributed by atoms with Crippen LogP contribution in [0.25, 0.3) is 0 Å². The third kappa shape index (κ3) is 4.36. The molecule has 1 aliphatic carbocycles. The van der Waals surface area contributed by atoms with E-state index in [1.165, 1.54) is 0 Å². The molecule has 29 heavy (non-hydrogen) atoms. The average Bonchev–Trinajstić information content (AvgIpc) is 2.75. The summed E-state index contributed by atoms with van der Waals surface area (Å²) in [5.74, 6) is 1.91. The van der Waals surface area contributed by atoms with Crippen LogP contribution in [0.3, 0.4) is 0 Å². The summed E-state index contributed by atoms with van der Waals surface area (Å²) in [6.45, 7) is 1.85. The van der Waals surface area contributed by atoms with Gasteiger partial charge in [-0.15, -0.1) is 0 Å². The molecule has 2 atom stereocenters. The lowest BCUT2D eigenvalue weighted by molar-refractivity contribution is -0.134. The van der Waals surface area contributed by atoms with E-state index in [1.54, 1.807) is 19.5 Å². The Kier molecular flexibility index (Phi) is 5.69. The molecule has 1 aromatic heterocycles. The standard InChI is InChI=1S/C21H25N3O5/c1-13-18(29-17-6-4-3-5-16(17)27-13)19(25)24-14-7-9-15(10-8-14)28-21-20(26-2)22-11-12-23-21/h3-6,11-15,18H,7-10H2,1-2H3,(H,24,25). The Morgan fingerprint density at radius 2 is 1.69 bits per heavy atom. The van der Waals surface area contributed by atoms with E-state index in [4.69, 9.17) is 18.9 Å². The molecule has 2 unspecified atom stereocenters. The van der Waals surface area contributed by atoms with Gasteiger partial charge in [0, 0.05) is 18.4 Å². The Labute approximate surface area is 169 Å². The van der Waals surface area contributed by atoms with E-state index in [1.807, 2.05) is 31.2 Å². The maximum absolute atomic E-state index is 12.8. The topological polar surface area (TPSA) is 91.8 Å². The molecule has 1 N–H and O–H groups in total. The van der Waals surface area contributed by atoms with Crippen molar-refractivity contribution in [2.24, 2.45) is 0 Å². The first kappa shape index (κ1) is 19.3. The normalized spacial score (nSPS) is 25.7. The molecule has 1 amide bonds. The van der Waals surface area contributed by atoms with Gasteiger partial charge in [-0.3, -0.25) is 4.79 Å². The van der Waals surface area contributed by atoms with Crippen LogP contribution in [-0.4, -0.2) is 47.3 Å². The van der Waals surface area contributed by atoms with Crippen LogP contribution in [0.4, 0.5) is 0 Å². The summed E-state index contributed by atoms with van der Waals surface area (Å²) in [5.41, 5.74) is 0. The highest BCUT2D eigenvalue weighted by atomic mass is 16.6. The monoisotopic (exact) mass is 399 g/mol. The second kappa shape index (κ2) is 8.55. The fourth-order valence-electron chi connectivity index (χ4n) is 3.71. The second-order valence-electron chi connectivity index (χ2n) is 7.28. The Morgan fingerprint density at radius 1 is 1.03 bits per heavy atom. The number of fused-ring (bicyclic) bond motifs is 1. The molecular formula is C21H25N3O5. The fourth-order valence-corrected chi connectivity index (χ4v) is 3.71. The molecule has 154 valence electrons. The first-order chi connectivity index (χ1) is 14.1. The summed E-state index contributed by atoms with van der Waals surface area (Å²) in [4.78, 5) is 21.0. The number of rotatable bonds is 5. The fraction of sp³-hybridized carbons (Fsp3) is 0.476. The van der Waals surface area contributed by atoms with Crippen LogP contribution in [0.2, 0.25) is 0 Å². The van der Waals surface area contributed by atoms with E-state index in [0.29, 0.717) is 23.3 Å². The van der Waals surface area contributed by atoms with Crippen molar-refractivity contribution in [3.05, 3.63) is 36.7 Å². The quantitative estimate of drug-likeness (QED) is 0.826. The average molecular weight is 399 g/mol. The highest BCUT2D eigenvalue weighted by molar-refractivity contribution is 5.82. The number of ether oxygens (including phenoxy) is 4. The molecule has 2 heterocycles. The van der Waals surface area contributed by atoms with Gasteiger partial charge in [0.05, 0.1) is 7.11 Å². The molecule has 4 rings (SSSR count). The van der Waals surface area contributed by atoms with E-state index >= 15 is 0 Å². The number of para-hydroxylation sites is 2. The number of methoxy groups -OCH3 is 1. The molecule has 1 saturated carbocycles. The number of nitrogens with zero attached hydrogens (tertiary/aromatic N) is 2. The highest BCUT2D eigenvalue weighted by Gasteiger charge is 2.35. The van der Waals surface area contributed by atoms with Crippen molar-refractivity contribution in [2.45, 2.75) is 57.0 Å². The molecular weight excluding hydrogens is 374 g/mol. The number of nitrogens with one attached hydrogen (secondary N) is 1. The predicted octanol–water partition coefficient (Wildman–Crippen LogP) is 2.52. The molecule has 8 heteroatoms. The van der Waals surface area contributed by atoms with Gasteiger partial charge < -0.3 is 24.3 Å². The molecule has 1 aliphatic heterocycles. The summed E-state index contributed by atoms with van der Waals surface area (Å²) in [5, 5.41) is 3.10. The van der Waals surface area contributed by atoms with E-state index in [-0.39, 0.29) is 24.2 Å². The van der Waals surface area contributed by atoms with Gasteiger partial charge in [-0.1, -0.05) is 12.1 Å². The zero-order chi connectivity index (χ0) is 20.2. The molecule has 2 aliphatic rings. The van der Waals surface area contributed by atoms with Gasteiger partial charge in [-0.25, -0.2) is 9.97 Å². The number of aromatic nitrogens is 2. The minimum absolute atomic E-state index is 0.0221. The highest BCUT2D eigenvalue weighted by Crippen LogP contribution is 2.34. The van der Waals surface area contributed by atoms with Gasteiger partial charge in [0.1, 0.15) is 12.2 Å². The van der Waals surface area contributed by atoms with Gasteiger partial charge in [0.25, 0.3) is 17.7 Å². The van der Waals surface area contributed by atoms with Crippen molar-refractivity contribution in [1.29, 1.82) is 0 Å². The van der Waals surface area contributed by atoms with Crippen LogP contribution in [0.1, 0.15) is 32.6 Å². The molecule has 0 bridgehead atoms. The first-order valence-electron chi connectivity index (χ1n) is 9.88. The van der Waals surface area contributed by atoms with Crippen LogP contribution in [0.15, 0.2) is 36.7 Å². The third-order valence-corrected chi connectivity index (χ3v) is 5.23. The van der Waals surface area contributed by atoms with E-state index in [9.17, 15) is 4.79 Å².